The predicted octanol–water partition coefficient (Wildman–Crippen LogP) is 4.15. The van der Waals surface area contributed by atoms with Gasteiger partial charge in [-0.3, -0.25) is 14.4 Å². The molecule has 1 aromatic heterocycles. The molecule has 1 aliphatic rings. The highest BCUT2D eigenvalue weighted by Crippen LogP contribution is 2.26. The second kappa shape index (κ2) is 12.4. The first-order valence-electron chi connectivity index (χ1n) is 13.5. The van der Waals surface area contributed by atoms with Gasteiger partial charge in [-0.05, 0) is 48.2 Å². The summed E-state index contributed by atoms with van der Waals surface area (Å²) in [5.74, 6) is -0.149. The summed E-state index contributed by atoms with van der Waals surface area (Å²) in [7, 11) is 0. The van der Waals surface area contributed by atoms with Crippen molar-refractivity contribution in [3.63, 3.8) is 0 Å². The van der Waals surface area contributed by atoms with Crippen LogP contribution in [0.5, 0.6) is 0 Å². The number of benzene rings is 3. The number of nitrogens with zero attached hydrogens (tertiary/aromatic N) is 2. The van der Waals surface area contributed by atoms with E-state index in [9.17, 15) is 14.4 Å². The standard InChI is InChI=1S/C32H31N5O3/c33-20-23-10-8-22(9-11-23)14-15-34-30(24-5-2-1-3-6-24)31(39)27-21-36-28-19-25(12-13-26(27)28)32(40)35-16-18-37-17-4-7-29(37)38/h1-3,5-6,8-13,19,21,30,34,36H,4,7,14-18H2,(H,35,40)/t30-/m1/s1. The molecule has 1 saturated heterocycles. The number of nitrogens with one attached hydrogen (secondary N) is 3. The highest BCUT2D eigenvalue weighted by atomic mass is 16.2. The molecule has 0 unspecified atom stereocenters. The van der Waals surface area contributed by atoms with Gasteiger partial charge in [0.1, 0.15) is 0 Å². The highest BCUT2D eigenvalue weighted by Gasteiger charge is 2.24. The number of carbonyl (C=O) groups excluding carboxylic acids is 3. The van der Waals surface area contributed by atoms with Crippen molar-refractivity contribution >= 4 is 28.5 Å². The summed E-state index contributed by atoms with van der Waals surface area (Å²) < 4.78 is 0. The van der Waals surface area contributed by atoms with Crippen LogP contribution in [0.2, 0.25) is 0 Å². The predicted molar refractivity (Wildman–Crippen MR) is 153 cm³/mol. The van der Waals surface area contributed by atoms with E-state index in [1.807, 2.05) is 42.5 Å². The Labute approximate surface area is 233 Å². The first-order chi connectivity index (χ1) is 19.5. The summed E-state index contributed by atoms with van der Waals surface area (Å²) in [6, 6.07) is 23.9. The SMILES string of the molecule is N#Cc1ccc(CCN[C@@H](C(=O)c2c[nH]c3cc(C(=O)NCCN4CCCC4=O)ccc23)c2ccccc2)cc1. The van der Waals surface area contributed by atoms with Crippen molar-refractivity contribution in [1.29, 1.82) is 5.26 Å². The molecule has 3 N–H and O–H groups in total. The first-order valence-corrected chi connectivity index (χ1v) is 13.5. The molecule has 202 valence electrons. The van der Waals surface area contributed by atoms with Gasteiger partial charge in [0.15, 0.2) is 5.78 Å². The molecular formula is C32H31N5O3. The van der Waals surface area contributed by atoms with E-state index in [1.165, 1.54) is 0 Å². The zero-order chi connectivity index (χ0) is 27.9. The molecule has 2 heterocycles. The lowest BCUT2D eigenvalue weighted by molar-refractivity contribution is -0.127. The maximum absolute atomic E-state index is 13.8. The smallest absolute Gasteiger partial charge is 0.251 e. The molecule has 0 aliphatic carbocycles. The lowest BCUT2D eigenvalue weighted by Gasteiger charge is -2.18. The van der Waals surface area contributed by atoms with E-state index in [2.05, 4.69) is 21.7 Å². The summed E-state index contributed by atoms with van der Waals surface area (Å²) >= 11 is 0. The van der Waals surface area contributed by atoms with Crippen molar-refractivity contribution in [1.82, 2.24) is 20.5 Å². The average Bonchev–Trinajstić information content (AvgIpc) is 3.61. The van der Waals surface area contributed by atoms with E-state index < -0.39 is 6.04 Å². The topological polar surface area (TPSA) is 118 Å². The third-order valence-electron chi connectivity index (χ3n) is 7.29. The molecule has 0 radical (unpaired) electrons. The van der Waals surface area contributed by atoms with E-state index in [-0.39, 0.29) is 17.6 Å². The minimum absolute atomic E-state index is 0.0650. The zero-order valence-electron chi connectivity index (χ0n) is 22.2. The Bertz CT molecular complexity index is 1550. The first kappa shape index (κ1) is 26.9. The molecule has 0 saturated carbocycles. The van der Waals surface area contributed by atoms with Crippen LogP contribution in [-0.4, -0.2) is 53.7 Å². The lowest BCUT2D eigenvalue weighted by Crippen LogP contribution is -2.35. The number of amides is 2. The van der Waals surface area contributed by atoms with Crippen LogP contribution in [0.25, 0.3) is 10.9 Å². The molecule has 0 bridgehead atoms. The van der Waals surface area contributed by atoms with Gasteiger partial charge in [0.05, 0.1) is 17.7 Å². The Balaban J connectivity index is 1.27. The largest absolute Gasteiger partial charge is 0.360 e. The van der Waals surface area contributed by atoms with E-state index in [0.29, 0.717) is 54.7 Å². The minimum atomic E-state index is -0.546. The van der Waals surface area contributed by atoms with Crippen molar-refractivity contribution in [2.75, 3.05) is 26.2 Å². The fourth-order valence-corrected chi connectivity index (χ4v) is 5.09. The Morgan fingerprint density at radius 1 is 1.02 bits per heavy atom. The van der Waals surface area contributed by atoms with Crippen molar-refractivity contribution < 1.29 is 14.4 Å². The fourth-order valence-electron chi connectivity index (χ4n) is 5.09. The summed E-state index contributed by atoms with van der Waals surface area (Å²) in [4.78, 5) is 43.3. The van der Waals surface area contributed by atoms with Gasteiger partial charge in [0.25, 0.3) is 5.91 Å². The minimum Gasteiger partial charge on any atom is -0.360 e. The van der Waals surface area contributed by atoms with E-state index >= 15 is 0 Å². The lowest BCUT2D eigenvalue weighted by atomic mass is 9.96. The van der Waals surface area contributed by atoms with Crippen LogP contribution < -0.4 is 10.6 Å². The van der Waals surface area contributed by atoms with Crippen LogP contribution in [0.4, 0.5) is 0 Å². The van der Waals surface area contributed by atoms with Gasteiger partial charge >= 0.3 is 0 Å². The molecule has 1 fully saturated rings. The van der Waals surface area contributed by atoms with Crippen LogP contribution in [0.1, 0.15) is 56.3 Å². The average molecular weight is 534 g/mol. The number of hydrogen-bond donors (Lipinski definition) is 3. The fraction of sp³-hybridized carbons (Fsp3) is 0.250. The van der Waals surface area contributed by atoms with E-state index in [4.69, 9.17) is 5.26 Å². The quantitative estimate of drug-likeness (QED) is 0.250. The summed E-state index contributed by atoms with van der Waals surface area (Å²) in [6.07, 6.45) is 3.86. The van der Waals surface area contributed by atoms with Gasteiger partial charge in [-0.2, -0.15) is 5.26 Å². The second-order valence-electron chi connectivity index (χ2n) is 9.92. The second-order valence-corrected chi connectivity index (χ2v) is 9.92. The Hall–Kier alpha value is -4.74. The maximum atomic E-state index is 13.8. The molecule has 4 aromatic rings. The summed E-state index contributed by atoms with van der Waals surface area (Å²) in [6.45, 7) is 2.22. The molecule has 8 heteroatoms. The number of Topliss-reactive ketones (excluding diaryl/α,β-unsaturated/α-hetero) is 1. The number of rotatable bonds is 11. The number of hydrogen-bond acceptors (Lipinski definition) is 5. The van der Waals surface area contributed by atoms with Crippen molar-refractivity contribution in [2.24, 2.45) is 0 Å². The zero-order valence-corrected chi connectivity index (χ0v) is 22.2. The summed E-state index contributed by atoms with van der Waals surface area (Å²) in [5, 5.41) is 16.1. The molecule has 40 heavy (non-hydrogen) atoms. The Morgan fingerprint density at radius 2 is 1.82 bits per heavy atom. The molecule has 2 amide bonds. The molecule has 0 spiro atoms. The van der Waals surface area contributed by atoms with Crippen LogP contribution in [0, 0.1) is 11.3 Å². The van der Waals surface area contributed by atoms with Gasteiger partial charge < -0.3 is 20.5 Å². The number of nitriles is 1. The molecule has 1 atom stereocenters. The van der Waals surface area contributed by atoms with Crippen LogP contribution in [0.3, 0.4) is 0 Å². The van der Waals surface area contributed by atoms with Gasteiger partial charge in [0.2, 0.25) is 5.91 Å². The van der Waals surface area contributed by atoms with Crippen LogP contribution in [-0.2, 0) is 11.2 Å². The monoisotopic (exact) mass is 533 g/mol. The number of carbonyl (C=O) groups is 3. The molecular weight excluding hydrogens is 502 g/mol. The Kier molecular flexibility index (Phi) is 8.33. The summed E-state index contributed by atoms with van der Waals surface area (Å²) in [5.41, 5.74) is 4.31. The van der Waals surface area contributed by atoms with E-state index in [0.717, 1.165) is 29.5 Å². The van der Waals surface area contributed by atoms with Crippen LogP contribution in [0.15, 0.2) is 79.0 Å². The van der Waals surface area contributed by atoms with Crippen molar-refractivity contribution in [3.8, 4) is 6.07 Å². The Morgan fingerprint density at radius 3 is 2.55 bits per heavy atom. The molecule has 3 aromatic carbocycles. The number of likely N-dealkylation sites (tertiary alicyclic amines) is 1. The number of H-pyrrole nitrogens is 1. The molecule has 5 rings (SSSR count). The molecule has 1 aliphatic heterocycles. The van der Waals surface area contributed by atoms with E-state index in [1.54, 1.807) is 41.4 Å². The number of aromatic nitrogens is 1. The highest BCUT2D eigenvalue weighted by molar-refractivity contribution is 6.11. The number of ketones is 1. The van der Waals surface area contributed by atoms with Crippen molar-refractivity contribution in [2.45, 2.75) is 25.3 Å². The van der Waals surface area contributed by atoms with Gasteiger partial charge in [0, 0.05) is 60.8 Å². The normalized spacial score (nSPS) is 13.8. The number of aromatic amines is 1. The van der Waals surface area contributed by atoms with Crippen molar-refractivity contribution in [3.05, 3.63) is 107 Å². The maximum Gasteiger partial charge on any atom is 0.251 e. The van der Waals surface area contributed by atoms with Crippen LogP contribution >= 0.6 is 0 Å². The van der Waals surface area contributed by atoms with Gasteiger partial charge in [-0.1, -0.05) is 48.5 Å². The van der Waals surface area contributed by atoms with Gasteiger partial charge in [-0.15, -0.1) is 0 Å². The molecule has 8 nitrogen and oxygen atoms in total. The third kappa shape index (κ3) is 6.11. The number of fused-ring (bicyclic) bond motifs is 1. The van der Waals surface area contributed by atoms with Gasteiger partial charge in [-0.25, -0.2) is 0 Å². The third-order valence-corrected chi connectivity index (χ3v) is 7.29.